The fraction of sp³-hybridized carbons (Fsp3) is 0.316. The number of anilines is 2. The first kappa shape index (κ1) is 17.8. The standard InChI is InChI=1S/C19H24N2O3/c1-3-23-11-12-24-18-6-4-5-17(13-18)21-19(22)14-20-16-9-7-15(2)8-10-16/h4-10,13,20H,3,11-12,14H2,1-2H3,(H,21,22). The van der Waals surface area contributed by atoms with Gasteiger partial charge in [0.05, 0.1) is 13.2 Å². The predicted molar refractivity (Wildman–Crippen MR) is 96.7 cm³/mol. The van der Waals surface area contributed by atoms with E-state index < -0.39 is 0 Å². The third kappa shape index (κ3) is 6.30. The summed E-state index contributed by atoms with van der Waals surface area (Å²) >= 11 is 0. The molecule has 0 aliphatic rings. The second-order valence-electron chi connectivity index (χ2n) is 5.34. The Balaban J connectivity index is 1.79. The van der Waals surface area contributed by atoms with Crippen molar-refractivity contribution in [1.82, 2.24) is 0 Å². The van der Waals surface area contributed by atoms with Crippen LogP contribution in [0.1, 0.15) is 12.5 Å². The number of hydrogen-bond acceptors (Lipinski definition) is 4. The van der Waals surface area contributed by atoms with Crippen LogP contribution in [0.2, 0.25) is 0 Å². The third-order valence-corrected chi connectivity index (χ3v) is 3.32. The summed E-state index contributed by atoms with van der Waals surface area (Å²) in [7, 11) is 0. The highest BCUT2D eigenvalue weighted by Crippen LogP contribution is 2.17. The lowest BCUT2D eigenvalue weighted by molar-refractivity contribution is -0.114. The Morgan fingerprint density at radius 2 is 1.83 bits per heavy atom. The summed E-state index contributed by atoms with van der Waals surface area (Å²) in [6.07, 6.45) is 0. The number of hydrogen-bond donors (Lipinski definition) is 2. The van der Waals surface area contributed by atoms with E-state index in [2.05, 4.69) is 10.6 Å². The van der Waals surface area contributed by atoms with Gasteiger partial charge in [0.2, 0.25) is 5.91 Å². The zero-order chi connectivity index (χ0) is 17.2. The molecule has 0 atom stereocenters. The van der Waals surface area contributed by atoms with Crippen LogP contribution in [-0.2, 0) is 9.53 Å². The highest BCUT2D eigenvalue weighted by Gasteiger charge is 2.04. The van der Waals surface area contributed by atoms with Gasteiger partial charge in [-0.1, -0.05) is 23.8 Å². The van der Waals surface area contributed by atoms with Gasteiger partial charge in [-0.3, -0.25) is 4.79 Å². The smallest absolute Gasteiger partial charge is 0.243 e. The topological polar surface area (TPSA) is 59.6 Å². The molecule has 0 aliphatic carbocycles. The first-order valence-corrected chi connectivity index (χ1v) is 8.08. The number of rotatable bonds is 9. The van der Waals surface area contributed by atoms with E-state index in [4.69, 9.17) is 9.47 Å². The molecule has 0 aliphatic heterocycles. The van der Waals surface area contributed by atoms with Gasteiger partial charge in [-0.05, 0) is 38.1 Å². The average Bonchev–Trinajstić information content (AvgIpc) is 2.59. The van der Waals surface area contributed by atoms with Crippen molar-refractivity contribution in [3.8, 4) is 5.75 Å². The Bertz CT molecular complexity index is 641. The number of aryl methyl sites for hydroxylation is 1. The Morgan fingerprint density at radius 1 is 1.04 bits per heavy atom. The fourth-order valence-electron chi connectivity index (χ4n) is 2.09. The minimum Gasteiger partial charge on any atom is -0.491 e. The van der Waals surface area contributed by atoms with Gasteiger partial charge in [-0.25, -0.2) is 0 Å². The largest absolute Gasteiger partial charge is 0.491 e. The van der Waals surface area contributed by atoms with Crippen LogP contribution >= 0.6 is 0 Å². The minimum atomic E-state index is -0.109. The molecule has 128 valence electrons. The highest BCUT2D eigenvalue weighted by molar-refractivity contribution is 5.93. The summed E-state index contributed by atoms with van der Waals surface area (Å²) in [4.78, 5) is 12.0. The van der Waals surface area contributed by atoms with E-state index >= 15 is 0 Å². The Kier molecular flexibility index (Phi) is 7.11. The molecule has 1 amide bonds. The molecule has 2 rings (SSSR count). The Hall–Kier alpha value is -2.53. The van der Waals surface area contributed by atoms with Gasteiger partial charge in [0.15, 0.2) is 0 Å². The van der Waals surface area contributed by atoms with Crippen LogP contribution in [0, 0.1) is 6.92 Å². The van der Waals surface area contributed by atoms with Crippen LogP contribution in [0.3, 0.4) is 0 Å². The maximum absolute atomic E-state index is 12.0. The molecular weight excluding hydrogens is 304 g/mol. The van der Waals surface area contributed by atoms with Crippen molar-refractivity contribution in [2.45, 2.75) is 13.8 Å². The summed E-state index contributed by atoms with van der Waals surface area (Å²) in [5, 5.41) is 5.95. The summed E-state index contributed by atoms with van der Waals surface area (Å²) in [5.74, 6) is 0.598. The Morgan fingerprint density at radius 3 is 2.58 bits per heavy atom. The average molecular weight is 328 g/mol. The molecule has 0 unspecified atom stereocenters. The van der Waals surface area contributed by atoms with E-state index in [0.29, 0.717) is 31.3 Å². The molecule has 5 heteroatoms. The van der Waals surface area contributed by atoms with Crippen LogP contribution in [0.25, 0.3) is 0 Å². The zero-order valence-corrected chi connectivity index (χ0v) is 14.2. The lowest BCUT2D eigenvalue weighted by atomic mass is 10.2. The predicted octanol–water partition coefficient (Wildman–Crippen LogP) is 3.46. The number of benzene rings is 2. The SMILES string of the molecule is CCOCCOc1cccc(NC(=O)CNc2ccc(C)cc2)c1. The molecule has 0 spiro atoms. The second-order valence-corrected chi connectivity index (χ2v) is 5.34. The summed E-state index contributed by atoms with van der Waals surface area (Å²) in [6, 6.07) is 15.2. The molecule has 0 heterocycles. The first-order chi connectivity index (χ1) is 11.7. The molecule has 0 radical (unpaired) electrons. The van der Waals surface area contributed by atoms with E-state index in [1.165, 1.54) is 5.56 Å². The maximum Gasteiger partial charge on any atom is 0.243 e. The van der Waals surface area contributed by atoms with Crippen molar-refractivity contribution in [3.05, 3.63) is 54.1 Å². The van der Waals surface area contributed by atoms with Gasteiger partial charge in [-0.15, -0.1) is 0 Å². The van der Waals surface area contributed by atoms with Gasteiger partial charge in [0, 0.05) is 24.0 Å². The van der Waals surface area contributed by atoms with Crippen LogP contribution in [0.4, 0.5) is 11.4 Å². The molecule has 2 N–H and O–H groups in total. The van der Waals surface area contributed by atoms with Gasteiger partial charge in [-0.2, -0.15) is 0 Å². The summed E-state index contributed by atoms with van der Waals surface area (Å²) in [5.41, 5.74) is 2.81. The normalized spacial score (nSPS) is 10.2. The monoisotopic (exact) mass is 328 g/mol. The number of amides is 1. The number of ether oxygens (including phenoxy) is 2. The third-order valence-electron chi connectivity index (χ3n) is 3.32. The van der Waals surface area contributed by atoms with Crippen molar-refractivity contribution in [2.24, 2.45) is 0 Å². The van der Waals surface area contributed by atoms with Crippen LogP contribution in [0.15, 0.2) is 48.5 Å². The molecule has 0 aromatic heterocycles. The van der Waals surface area contributed by atoms with Crippen LogP contribution in [0.5, 0.6) is 5.75 Å². The van der Waals surface area contributed by atoms with E-state index in [0.717, 1.165) is 5.69 Å². The minimum absolute atomic E-state index is 0.109. The molecule has 2 aromatic rings. The molecule has 0 fully saturated rings. The molecule has 2 aromatic carbocycles. The highest BCUT2D eigenvalue weighted by atomic mass is 16.5. The number of carbonyl (C=O) groups excluding carboxylic acids is 1. The van der Waals surface area contributed by atoms with Crippen molar-refractivity contribution < 1.29 is 14.3 Å². The van der Waals surface area contributed by atoms with Crippen molar-refractivity contribution in [1.29, 1.82) is 0 Å². The molecule has 0 saturated carbocycles. The van der Waals surface area contributed by atoms with E-state index in [-0.39, 0.29) is 12.5 Å². The fourth-order valence-corrected chi connectivity index (χ4v) is 2.09. The quantitative estimate of drug-likeness (QED) is 0.692. The lowest BCUT2D eigenvalue weighted by Gasteiger charge is -2.10. The first-order valence-electron chi connectivity index (χ1n) is 8.08. The van der Waals surface area contributed by atoms with Gasteiger partial charge in [0.25, 0.3) is 0 Å². The van der Waals surface area contributed by atoms with Crippen molar-refractivity contribution >= 4 is 17.3 Å². The number of nitrogens with one attached hydrogen (secondary N) is 2. The molecular formula is C19H24N2O3. The summed E-state index contributed by atoms with van der Waals surface area (Å²) < 4.78 is 10.8. The maximum atomic E-state index is 12.0. The molecule has 5 nitrogen and oxygen atoms in total. The summed E-state index contributed by atoms with van der Waals surface area (Å²) in [6.45, 7) is 5.89. The molecule has 24 heavy (non-hydrogen) atoms. The van der Waals surface area contributed by atoms with E-state index in [1.807, 2.05) is 56.3 Å². The lowest BCUT2D eigenvalue weighted by Crippen LogP contribution is -2.21. The Labute approximate surface area is 143 Å². The van der Waals surface area contributed by atoms with Crippen LogP contribution < -0.4 is 15.4 Å². The van der Waals surface area contributed by atoms with Gasteiger partial charge < -0.3 is 20.1 Å². The van der Waals surface area contributed by atoms with E-state index in [1.54, 1.807) is 6.07 Å². The van der Waals surface area contributed by atoms with Gasteiger partial charge in [0.1, 0.15) is 12.4 Å². The molecule has 0 saturated heterocycles. The van der Waals surface area contributed by atoms with Crippen molar-refractivity contribution in [2.75, 3.05) is 37.0 Å². The van der Waals surface area contributed by atoms with E-state index in [9.17, 15) is 4.79 Å². The number of carbonyl (C=O) groups is 1. The zero-order valence-electron chi connectivity index (χ0n) is 14.2. The second kappa shape index (κ2) is 9.57. The van der Waals surface area contributed by atoms with Crippen LogP contribution in [-0.4, -0.2) is 32.3 Å². The van der Waals surface area contributed by atoms with Crippen molar-refractivity contribution in [3.63, 3.8) is 0 Å². The molecule has 0 bridgehead atoms. The van der Waals surface area contributed by atoms with Gasteiger partial charge >= 0.3 is 0 Å².